The van der Waals surface area contributed by atoms with E-state index in [2.05, 4.69) is 10.3 Å². The van der Waals surface area contributed by atoms with Crippen LogP contribution < -0.4 is 5.32 Å². The number of benzene rings is 1. The van der Waals surface area contributed by atoms with E-state index < -0.39 is 0 Å². The minimum Gasteiger partial charge on any atom is -0.355 e. The fraction of sp³-hybridized carbons (Fsp3) is 0.278. The maximum absolute atomic E-state index is 12.6. The number of piperazine rings is 1. The van der Waals surface area contributed by atoms with Gasteiger partial charge < -0.3 is 15.1 Å². The molecule has 0 atom stereocenters. The summed E-state index contributed by atoms with van der Waals surface area (Å²) in [6.45, 7) is 4.24. The number of hydrogen-bond donors (Lipinski definition) is 1. The van der Waals surface area contributed by atoms with Gasteiger partial charge in [0.25, 0.3) is 5.91 Å². The van der Waals surface area contributed by atoms with E-state index in [1.165, 1.54) is 5.56 Å². The van der Waals surface area contributed by atoms with E-state index in [1.54, 1.807) is 22.1 Å². The van der Waals surface area contributed by atoms with E-state index in [0.717, 1.165) is 17.8 Å². The number of rotatable bonds is 4. The van der Waals surface area contributed by atoms with Crippen molar-refractivity contribution in [1.29, 1.82) is 0 Å². The molecule has 0 aliphatic carbocycles. The van der Waals surface area contributed by atoms with Gasteiger partial charge in [-0.15, -0.1) is 0 Å². The van der Waals surface area contributed by atoms with Crippen LogP contribution in [0.5, 0.6) is 0 Å². The normalized spacial score (nSPS) is 14.4. The molecule has 1 aliphatic rings. The first-order chi connectivity index (χ1) is 11.7. The van der Waals surface area contributed by atoms with Crippen LogP contribution in [0.4, 0.5) is 11.4 Å². The zero-order chi connectivity index (χ0) is 16.9. The number of nitrogens with one attached hydrogen (secondary N) is 1. The van der Waals surface area contributed by atoms with Crippen LogP contribution >= 0.6 is 0 Å². The Bertz CT molecular complexity index is 722. The predicted molar refractivity (Wildman–Crippen MR) is 92.2 cm³/mol. The van der Waals surface area contributed by atoms with Crippen molar-refractivity contribution in [2.75, 3.05) is 31.5 Å². The van der Waals surface area contributed by atoms with E-state index in [1.807, 2.05) is 37.3 Å². The molecule has 1 aromatic heterocycles. The Morgan fingerprint density at radius 3 is 2.46 bits per heavy atom. The third kappa shape index (κ3) is 3.71. The number of carbonyl (C=O) groups is 2. The molecule has 3 rings (SSSR count). The molecule has 24 heavy (non-hydrogen) atoms. The van der Waals surface area contributed by atoms with Gasteiger partial charge in [0.15, 0.2) is 0 Å². The minimum atomic E-state index is -0.104. The number of aryl methyl sites for hydroxylation is 1. The lowest BCUT2D eigenvalue weighted by molar-refractivity contribution is -0.119. The first-order valence-electron chi connectivity index (χ1n) is 7.94. The summed E-state index contributed by atoms with van der Waals surface area (Å²) in [4.78, 5) is 30.9. The number of aromatic nitrogens is 1. The second-order valence-electron chi connectivity index (χ2n) is 5.85. The fourth-order valence-corrected chi connectivity index (χ4v) is 2.62. The standard InChI is InChI=1S/C18H20N4O2/c1-14-2-4-15(5-3-14)20-16-6-7-19-17(12-16)18(24)22-10-8-21(13-23)9-11-22/h2-7,12-13H,8-11H2,1H3,(H,19,20). The van der Waals surface area contributed by atoms with E-state index in [0.29, 0.717) is 31.9 Å². The zero-order valence-electron chi connectivity index (χ0n) is 13.6. The molecule has 1 saturated heterocycles. The summed E-state index contributed by atoms with van der Waals surface area (Å²) in [5.74, 6) is -0.104. The molecule has 2 heterocycles. The molecule has 1 aliphatic heterocycles. The second-order valence-corrected chi connectivity index (χ2v) is 5.85. The smallest absolute Gasteiger partial charge is 0.272 e. The molecule has 1 aromatic carbocycles. The summed E-state index contributed by atoms with van der Waals surface area (Å²) in [5, 5.41) is 3.28. The van der Waals surface area contributed by atoms with Crippen LogP contribution in [-0.2, 0) is 4.79 Å². The molecule has 6 nitrogen and oxygen atoms in total. The van der Waals surface area contributed by atoms with Crippen molar-refractivity contribution in [2.24, 2.45) is 0 Å². The molecule has 1 fully saturated rings. The van der Waals surface area contributed by atoms with Crippen molar-refractivity contribution in [1.82, 2.24) is 14.8 Å². The number of pyridine rings is 1. The number of nitrogens with zero attached hydrogens (tertiary/aromatic N) is 3. The third-order valence-electron chi connectivity index (χ3n) is 4.07. The first-order valence-corrected chi connectivity index (χ1v) is 7.94. The molecular formula is C18H20N4O2. The van der Waals surface area contributed by atoms with Gasteiger partial charge >= 0.3 is 0 Å². The third-order valence-corrected chi connectivity index (χ3v) is 4.07. The average molecular weight is 324 g/mol. The minimum absolute atomic E-state index is 0.104. The Morgan fingerprint density at radius 1 is 1.08 bits per heavy atom. The van der Waals surface area contributed by atoms with Crippen LogP contribution in [0.15, 0.2) is 42.6 Å². The SMILES string of the molecule is Cc1ccc(Nc2ccnc(C(=O)N3CCN(C=O)CC3)c2)cc1. The van der Waals surface area contributed by atoms with Gasteiger partial charge in [0.1, 0.15) is 5.69 Å². The van der Waals surface area contributed by atoms with Crippen molar-refractivity contribution in [3.05, 3.63) is 53.9 Å². The maximum Gasteiger partial charge on any atom is 0.272 e. The predicted octanol–water partition coefficient (Wildman–Crippen LogP) is 2.05. The fourth-order valence-electron chi connectivity index (χ4n) is 2.62. The lowest BCUT2D eigenvalue weighted by Crippen LogP contribution is -2.48. The summed E-state index contributed by atoms with van der Waals surface area (Å²) in [7, 11) is 0. The Kier molecular flexibility index (Phi) is 4.74. The number of carbonyl (C=O) groups excluding carboxylic acids is 2. The molecule has 2 aromatic rings. The second kappa shape index (κ2) is 7.12. The van der Waals surface area contributed by atoms with Gasteiger partial charge in [-0.05, 0) is 31.2 Å². The van der Waals surface area contributed by atoms with E-state index in [9.17, 15) is 9.59 Å². The van der Waals surface area contributed by atoms with Crippen LogP contribution in [0, 0.1) is 6.92 Å². The van der Waals surface area contributed by atoms with Crippen molar-refractivity contribution in [3.8, 4) is 0 Å². The molecule has 124 valence electrons. The van der Waals surface area contributed by atoms with Crippen molar-refractivity contribution < 1.29 is 9.59 Å². The number of anilines is 2. The Hall–Kier alpha value is -2.89. The summed E-state index contributed by atoms with van der Waals surface area (Å²) in [6, 6.07) is 11.6. The van der Waals surface area contributed by atoms with E-state index >= 15 is 0 Å². The zero-order valence-corrected chi connectivity index (χ0v) is 13.6. The lowest BCUT2D eigenvalue weighted by atomic mass is 10.2. The highest BCUT2D eigenvalue weighted by Gasteiger charge is 2.22. The van der Waals surface area contributed by atoms with Gasteiger partial charge in [-0.2, -0.15) is 0 Å². The first kappa shape index (κ1) is 16.0. The molecule has 0 saturated carbocycles. The largest absolute Gasteiger partial charge is 0.355 e. The van der Waals surface area contributed by atoms with E-state index in [-0.39, 0.29) is 5.91 Å². The van der Waals surface area contributed by atoms with Crippen LogP contribution in [-0.4, -0.2) is 53.3 Å². The molecule has 2 amide bonds. The maximum atomic E-state index is 12.6. The Balaban J connectivity index is 1.69. The Morgan fingerprint density at radius 2 is 1.79 bits per heavy atom. The monoisotopic (exact) mass is 324 g/mol. The molecule has 6 heteroatoms. The summed E-state index contributed by atoms with van der Waals surface area (Å²) in [5.41, 5.74) is 3.39. The lowest BCUT2D eigenvalue weighted by Gasteiger charge is -2.32. The average Bonchev–Trinajstić information content (AvgIpc) is 2.63. The Labute approximate surface area is 141 Å². The highest BCUT2D eigenvalue weighted by Crippen LogP contribution is 2.18. The topological polar surface area (TPSA) is 65.5 Å². The van der Waals surface area contributed by atoms with Gasteiger partial charge in [0, 0.05) is 43.8 Å². The molecule has 0 spiro atoms. The highest BCUT2D eigenvalue weighted by atomic mass is 16.2. The molecule has 1 N–H and O–H groups in total. The van der Waals surface area contributed by atoms with Gasteiger partial charge in [-0.25, -0.2) is 0 Å². The van der Waals surface area contributed by atoms with Crippen molar-refractivity contribution in [3.63, 3.8) is 0 Å². The summed E-state index contributed by atoms with van der Waals surface area (Å²) < 4.78 is 0. The van der Waals surface area contributed by atoms with Crippen molar-refractivity contribution in [2.45, 2.75) is 6.92 Å². The molecule has 0 unspecified atom stereocenters. The van der Waals surface area contributed by atoms with Gasteiger partial charge in [-0.1, -0.05) is 17.7 Å². The quantitative estimate of drug-likeness (QED) is 0.874. The van der Waals surface area contributed by atoms with Gasteiger partial charge in [0.2, 0.25) is 6.41 Å². The van der Waals surface area contributed by atoms with Gasteiger partial charge in [0.05, 0.1) is 0 Å². The van der Waals surface area contributed by atoms with E-state index in [4.69, 9.17) is 0 Å². The number of hydrogen-bond acceptors (Lipinski definition) is 4. The molecular weight excluding hydrogens is 304 g/mol. The van der Waals surface area contributed by atoms with Crippen LogP contribution in [0.3, 0.4) is 0 Å². The molecule has 0 bridgehead atoms. The number of amides is 2. The van der Waals surface area contributed by atoms with Crippen LogP contribution in [0.25, 0.3) is 0 Å². The van der Waals surface area contributed by atoms with Crippen LogP contribution in [0.1, 0.15) is 16.1 Å². The molecule has 0 radical (unpaired) electrons. The van der Waals surface area contributed by atoms with Crippen LogP contribution in [0.2, 0.25) is 0 Å². The highest BCUT2D eigenvalue weighted by molar-refractivity contribution is 5.93. The van der Waals surface area contributed by atoms with Gasteiger partial charge in [-0.3, -0.25) is 14.6 Å². The van der Waals surface area contributed by atoms with Crippen molar-refractivity contribution >= 4 is 23.7 Å². The summed E-state index contributed by atoms with van der Waals surface area (Å²) >= 11 is 0. The summed E-state index contributed by atoms with van der Waals surface area (Å²) in [6.07, 6.45) is 2.46.